The van der Waals surface area contributed by atoms with Crippen LogP contribution in [0.1, 0.15) is 86.4 Å². The summed E-state index contributed by atoms with van der Waals surface area (Å²) in [6, 6.07) is 36.2. The molecule has 0 atom stereocenters. The summed E-state index contributed by atoms with van der Waals surface area (Å²) in [7, 11) is 0. The van der Waals surface area contributed by atoms with Gasteiger partial charge in [-0.2, -0.15) is 10.5 Å². The molecule has 9 heteroatoms. The molecule has 0 aliphatic heterocycles. The molecule has 0 spiro atoms. The fourth-order valence-electron chi connectivity index (χ4n) is 6.36. The Morgan fingerprint density at radius 3 is 1.33 bits per heavy atom. The lowest BCUT2D eigenvalue weighted by Gasteiger charge is -2.26. The molecular weight excluding hydrogens is 723 g/mol. The van der Waals surface area contributed by atoms with Crippen LogP contribution in [-0.4, -0.2) is 22.2 Å². The molecule has 55 heavy (non-hydrogen) atoms. The van der Waals surface area contributed by atoms with E-state index in [1.807, 2.05) is 48.5 Å². The summed E-state index contributed by atoms with van der Waals surface area (Å²) >= 11 is 2.85. The Kier molecular flexibility index (Phi) is 15.2. The molecule has 0 bridgehead atoms. The molecule has 2 heterocycles. The second-order valence-electron chi connectivity index (χ2n) is 13.4. The average Bonchev–Trinajstić information content (AvgIpc) is 3.88. The third kappa shape index (κ3) is 11.6. The van der Waals surface area contributed by atoms with Crippen LogP contribution in [0.25, 0.3) is 33.0 Å². The highest BCUT2D eigenvalue weighted by atomic mass is 32.1. The molecule has 0 fully saturated rings. The first-order valence-electron chi connectivity index (χ1n) is 18.8. The summed E-state index contributed by atoms with van der Waals surface area (Å²) in [5.74, 6) is -2.49. The molecule has 0 saturated heterocycles. The molecule has 5 aromatic rings. The quantitative estimate of drug-likeness (QED) is 0.0459. The van der Waals surface area contributed by atoms with Crippen molar-refractivity contribution in [2.24, 2.45) is 0 Å². The number of benzene rings is 3. The third-order valence-corrected chi connectivity index (χ3v) is 11.5. The van der Waals surface area contributed by atoms with Crippen LogP contribution in [0.2, 0.25) is 0 Å². The van der Waals surface area contributed by atoms with Crippen molar-refractivity contribution in [1.29, 1.82) is 10.5 Å². The average molecular weight is 768 g/mol. The second-order valence-corrected chi connectivity index (χ2v) is 15.6. The summed E-state index contributed by atoms with van der Waals surface area (Å²) in [6.45, 7) is 2.26. The second kappa shape index (κ2) is 20.6. The Balaban J connectivity index is 1.34. The van der Waals surface area contributed by atoms with Crippen LogP contribution in [0.3, 0.4) is 0 Å². The fraction of sp³-hybridized carbons (Fsp3) is 0.261. The van der Waals surface area contributed by atoms with E-state index in [2.05, 4.69) is 60.4 Å². The minimum Gasteiger partial charge on any atom is -0.477 e. The number of carbonyl (C=O) groups is 2. The molecule has 0 amide bonds. The zero-order valence-electron chi connectivity index (χ0n) is 31.0. The lowest BCUT2D eigenvalue weighted by molar-refractivity contribution is -0.133. The summed E-state index contributed by atoms with van der Waals surface area (Å²) in [5, 5.41) is 36.8. The number of unbranched alkanes of at least 4 members (excludes halogenated alkanes) is 9. The van der Waals surface area contributed by atoms with Gasteiger partial charge in [-0.1, -0.05) is 101 Å². The monoisotopic (exact) mass is 767 g/mol. The summed E-state index contributed by atoms with van der Waals surface area (Å²) in [4.78, 5) is 28.2. The van der Waals surface area contributed by atoms with Gasteiger partial charge in [0.15, 0.2) is 0 Å². The van der Waals surface area contributed by atoms with Gasteiger partial charge in [-0.3, -0.25) is 0 Å². The number of anilines is 3. The molecule has 0 saturated carbocycles. The zero-order chi connectivity index (χ0) is 39.0. The normalized spacial score (nSPS) is 11.5. The maximum atomic E-state index is 11.3. The Morgan fingerprint density at radius 2 is 0.945 bits per heavy atom. The van der Waals surface area contributed by atoms with Crippen molar-refractivity contribution in [3.05, 3.63) is 124 Å². The molecule has 5 rings (SSSR count). The van der Waals surface area contributed by atoms with E-state index < -0.39 is 11.9 Å². The first kappa shape index (κ1) is 40.4. The topological polar surface area (TPSA) is 125 Å². The summed E-state index contributed by atoms with van der Waals surface area (Å²) in [6.07, 6.45) is 17.0. The van der Waals surface area contributed by atoms with Crippen LogP contribution in [0.15, 0.2) is 108 Å². The van der Waals surface area contributed by atoms with E-state index in [0.717, 1.165) is 44.4 Å². The molecular formula is C46H45N3O4S2. The summed E-state index contributed by atoms with van der Waals surface area (Å²) in [5.41, 5.74) is 5.64. The molecule has 3 aromatic carbocycles. The maximum Gasteiger partial charge on any atom is 0.346 e. The maximum absolute atomic E-state index is 11.3. The van der Waals surface area contributed by atoms with E-state index in [9.17, 15) is 19.8 Å². The lowest BCUT2D eigenvalue weighted by atomic mass is 10.0. The number of hydrogen-bond donors (Lipinski definition) is 2. The molecule has 280 valence electrons. The molecule has 0 unspecified atom stereocenters. The van der Waals surface area contributed by atoms with Crippen molar-refractivity contribution < 1.29 is 19.8 Å². The van der Waals surface area contributed by atoms with Gasteiger partial charge in [-0.25, -0.2) is 9.59 Å². The highest BCUT2D eigenvalue weighted by molar-refractivity contribution is 7.16. The Hall–Kier alpha value is -5.74. The van der Waals surface area contributed by atoms with Gasteiger partial charge in [0.05, 0.1) is 0 Å². The number of rotatable bonds is 20. The highest BCUT2D eigenvalue weighted by Gasteiger charge is 2.15. The first-order chi connectivity index (χ1) is 26.8. The van der Waals surface area contributed by atoms with Crippen LogP contribution in [-0.2, 0) is 16.0 Å². The van der Waals surface area contributed by atoms with Crippen molar-refractivity contribution in [3.8, 4) is 33.0 Å². The van der Waals surface area contributed by atoms with E-state index >= 15 is 0 Å². The van der Waals surface area contributed by atoms with Crippen LogP contribution < -0.4 is 4.90 Å². The van der Waals surface area contributed by atoms with Crippen LogP contribution in [0, 0.1) is 22.7 Å². The van der Waals surface area contributed by atoms with Crippen LogP contribution in [0.4, 0.5) is 17.1 Å². The van der Waals surface area contributed by atoms with Gasteiger partial charge in [0.1, 0.15) is 23.3 Å². The van der Waals surface area contributed by atoms with E-state index in [1.54, 1.807) is 12.1 Å². The van der Waals surface area contributed by atoms with Gasteiger partial charge >= 0.3 is 11.9 Å². The summed E-state index contributed by atoms with van der Waals surface area (Å²) < 4.78 is 0. The van der Waals surface area contributed by atoms with Crippen molar-refractivity contribution in [1.82, 2.24) is 0 Å². The first-order valence-corrected chi connectivity index (χ1v) is 20.4. The number of nitrogens with zero attached hydrogens (tertiary/aromatic N) is 3. The predicted molar refractivity (Wildman–Crippen MR) is 226 cm³/mol. The van der Waals surface area contributed by atoms with Crippen molar-refractivity contribution in [3.63, 3.8) is 0 Å². The molecule has 0 aliphatic carbocycles. The van der Waals surface area contributed by atoms with Gasteiger partial charge in [-0.15, -0.1) is 22.7 Å². The lowest BCUT2D eigenvalue weighted by Crippen LogP contribution is -2.10. The largest absolute Gasteiger partial charge is 0.477 e. The SMILES string of the molecule is CCCCCCCCCCCCc1ccc(N(c2ccc(-c3ccc(/C=C(\C#N)C(=O)O)s3)cc2)c2ccc(-c3ccc(/C=C(\C#N)C(=O)O)s3)cc2)cc1. The van der Waals surface area contributed by atoms with E-state index in [0.29, 0.717) is 9.75 Å². The number of nitriles is 2. The number of hydrogen-bond acceptors (Lipinski definition) is 7. The minimum atomic E-state index is -1.25. The fourth-order valence-corrected chi connectivity index (χ4v) is 8.28. The zero-order valence-corrected chi connectivity index (χ0v) is 32.7. The number of carboxylic acids is 2. The third-order valence-electron chi connectivity index (χ3n) is 9.36. The number of thiophene rings is 2. The minimum absolute atomic E-state index is 0.303. The van der Waals surface area contributed by atoms with Crippen molar-refractivity contribution in [2.45, 2.75) is 77.6 Å². The van der Waals surface area contributed by atoms with Crippen LogP contribution in [0.5, 0.6) is 0 Å². The number of carboxylic acid groups (broad SMARTS) is 2. The molecule has 2 N–H and O–H groups in total. The van der Waals surface area contributed by atoms with E-state index in [-0.39, 0.29) is 11.1 Å². The van der Waals surface area contributed by atoms with Crippen molar-refractivity contribution in [2.75, 3.05) is 4.90 Å². The molecule has 0 aliphatic rings. The number of aryl methyl sites for hydroxylation is 1. The molecule has 2 aromatic heterocycles. The molecule has 7 nitrogen and oxygen atoms in total. The standard InChI is InChI=1S/C46H45N3O4S2/c1-2-3-4-5-6-7-8-9-10-11-12-33-13-19-38(20-14-33)49(39-21-15-34(16-22-39)43-27-25-41(54-43)29-36(31-47)45(50)51)40-23-17-35(18-24-40)44-28-26-42(55-44)30-37(32-48)46(52)53/h13-30H,2-12H2,1H3,(H,50,51)(H,52,53)/b36-29+,37-30+. The Morgan fingerprint density at radius 1 is 0.564 bits per heavy atom. The molecule has 0 radical (unpaired) electrons. The van der Waals surface area contributed by atoms with Crippen LogP contribution >= 0.6 is 22.7 Å². The van der Waals surface area contributed by atoms with Gasteiger partial charge in [0.2, 0.25) is 0 Å². The van der Waals surface area contributed by atoms with E-state index in [1.165, 1.54) is 105 Å². The Labute approximate surface area is 331 Å². The smallest absolute Gasteiger partial charge is 0.346 e. The van der Waals surface area contributed by atoms with Gasteiger partial charge < -0.3 is 15.1 Å². The Bertz CT molecular complexity index is 2060. The predicted octanol–water partition coefficient (Wildman–Crippen LogP) is 13.1. The van der Waals surface area contributed by atoms with Crippen molar-refractivity contribution >= 4 is 63.8 Å². The van der Waals surface area contributed by atoms with E-state index in [4.69, 9.17) is 10.5 Å². The highest BCUT2D eigenvalue weighted by Crippen LogP contribution is 2.39. The van der Waals surface area contributed by atoms with Gasteiger partial charge in [0.25, 0.3) is 0 Å². The van der Waals surface area contributed by atoms with Gasteiger partial charge in [0, 0.05) is 36.6 Å². The number of aliphatic carboxylic acids is 2. The van der Waals surface area contributed by atoms with Gasteiger partial charge in [-0.05, 0) is 102 Å².